The normalized spacial score (nSPS) is 10.4. The fraction of sp³-hybridized carbons (Fsp3) is 0.400. The average molecular weight is 532 g/mol. The Morgan fingerprint density at radius 1 is 0.885 bits per heavy atom. The SMILES string of the molecule is CC[n+]1ccc[nH]1.CCn1cccn1.CCn1cccn1.[Cl][Ru-]([Cl])([Cl])[Cl]. The third kappa shape index (κ3) is 16.9. The molecule has 26 heavy (non-hydrogen) atoms. The van der Waals surface area contributed by atoms with Crippen LogP contribution in [0, 0.1) is 0 Å². The Hall–Kier alpha value is -0.587. The van der Waals surface area contributed by atoms with Gasteiger partial charge in [0, 0.05) is 43.9 Å². The minimum atomic E-state index is -2.97. The van der Waals surface area contributed by atoms with E-state index in [1.165, 1.54) is 0 Å². The van der Waals surface area contributed by atoms with Crippen LogP contribution in [0.15, 0.2) is 55.4 Å². The molecular weight excluding hydrogens is 507 g/mol. The van der Waals surface area contributed by atoms with Crippen molar-refractivity contribution in [1.29, 1.82) is 0 Å². The molecule has 0 atom stereocenters. The summed E-state index contributed by atoms with van der Waals surface area (Å²) in [6.07, 6.45) is 11.4. The first-order valence-corrected chi connectivity index (χ1v) is 16.8. The zero-order valence-corrected chi connectivity index (χ0v) is 19.7. The molecule has 0 aliphatic heterocycles. The molecule has 3 heterocycles. The molecule has 0 bridgehead atoms. The molecule has 0 fully saturated rings. The third-order valence-electron chi connectivity index (χ3n) is 2.71. The number of nitrogens with one attached hydrogen (secondary N) is 1. The molecule has 0 aromatic carbocycles. The van der Waals surface area contributed by atoms with Gasteiger partial charge in [-0.25, -0.2) is 0 Å². The monoisotopic (exact) mass is 531 g/mol. The maximum absolute atomic E-state index is 5.00. The molecule has 0 saturated carbocycles. The third-order valence-corrected chi connectivity index (χ3v) is 2.71. The number of hydrogen-bond acceptors (Lipinski definition) is 2. The first kappa shape index (κ1) is 25.4. The Balaban J connectivity index is 0.000000324. The second kappa shape index (κ2) is 15.5. The van der Waals surface area contributed by atoms with E-state index in [2.05, 4.69) is 36.1 Å². The van der Waals surface area contributed by atoms with Crippen molar-refractivity contribution < 1.29 is 15.5 Å². The van der Waals surface area contributed by atoms with E-state index in [-0.39, 0.29) is 0 Å². The van der Waals surface area contributed by atoms with Crippen LogP contribution in [0.4, 0.5) is 0 Å². The van der Waals surface area contributed by atoms with E-state index in [0.717, 1.165) is 19.6 Å². The summed E-state index contributed by atoms with van der Waals surface area (Å²) in [4.78, 5) is 0. The molecule has 0 spiro atoms. The summed E-state index contributed by atoms with van der Waals surface area (Å²) in [7, 11) is 17.0. The van der Waals surface area contributed by atoms with Crippen LogP contribution in [0.25, 0.3) is 0 Å². The molecule has 3 aromatic rings. The number of aromatic nitrogens is 6. The van der Waals surface area contributed by atoms with Gasteiger partial charge in [-0.15, -0.1) is 4.68 Å². The van der Waals surface area contributed by atoms with Crippen molar-refractivity contribution in [2.45, 2.75) is 40.4 Å². The molecule has 151 valence electrons. The summed E-state index contributed by atoms with van der Waals surface area (Å²) in [5, 5.41) is 10.9. The van der Waals surface area contributed by atoms with E-state index >= 15 is 0 Å². The van der Waals surface area contributed by atoms with Crippen molar-refractivity contribution in [3.05, 3.63) is 55.4 Å². The Morgan fingerprint density at radius 3 is 1.50 bits per heavy atom. The zero-order chi connectivity index (χ0) is 19.8. The van der Waals surface area contributed by atoms with Gasteiger partial charge in [-0.05, 0) is 32.9 Å². The van der Waals surface area contributed by atoms with Crippen LogP contribution in [0.2, 0.25) is 0 Å². The number of nitrogens with zero attached hydrogens (tertiary/aromatic N) is 5. The number of aromatic amines is 1. The molecule has 11 heteroatoms. The van der Waals surface area contributed by atoms with Crippen LogP contribution < -0.4 is 4.68 Å². The van der Waals surface area contributed by atoms with Crippen LogP contribution in [-0.2, 0) is 30.4 Å². The van der Waals surface area contributed by atoms with Crippen LogP contribution in [0.1, 0.15) is 20.8 Å². The molecule has 0 aliphatic carbocycles. The van der Waals surface area contributed by atoms with Gasteiger partial charge in [-0.2, -0.15) is 15.3 Å². The maximum atomic E-state index is 5.00. The Kier molecular flexibility index (Phi) is 15.1. The van der Waals surface area contributed by atoms with Gasteiger partial charge in [0.05, 0.1) is 6.20 Å². The summed E-state index contributed by atoms with van der Waals surface area (Å²) >= 11 is 0. The van der Waals surface area contributed by atoms with Crippen molar-refractivity contribution in [3.8, 4) is 0 Å². The number of halogens is 4. The predicted molar refractivity (Wildman–Crippen MR) is 106 cm³/mol. The molecule has 0 unspecified atom stereocenters. The second-order valence-corrected chi connectivity index (χ2v) is 20.3. The summed E-state index contributed by atoms with van der Waals surface area (Å²) in [6.45, 7) is 9.17. The number of H-pyrrole nitrogens is 1. The molecule has 0 saturated heterocycles. The van der Waals surface area contributed by atoms with Crippen LogP contribution in [0.5, 0.6) is 0 Å². The van der Waals surface area contributed by atoms with Crippen molar-refractivity contribution in [2.75, 3.05) is 0 Å². The Morgan fingerprint density at radius 2 is 1.35 bits per heavy atom. The molecule has 6 nitrogen and oxygen atoms in total. The fourth-order valence-electron chi connectivity index (χ4n) is 1.50. The standard InChI is InChI=1S/3C5H8N2.4ClH.Ru/c3*1-2-7-5-3-4-6-7;;;;;/h3*3-5H,2H2,1H3;4*1H;/q;;;;;;;+3/p-3. The number of hydrogen-bond donors (Lipinski definition) is 1. The van der Waals surface area contributed by atoms with Crippen molar-refractivity contribution >= 4 is 38.8 Å². The first-order valence-electron chi connectivity index (χ1n) is 7.81. The first-order chi connectivity index (χ1) is 12.3. The summed E-state index contributed by atoms with van der Waals surface area (Å²) < 4.78 is 5.75. The predicted octanol–water partition coefficient (Wildman–Crippen LogP) is 4.88. The van der Waals surface area contributed by atoms with Crippen molar-refractivity contribution in [2.24, 2.45) is 0 Å². The van der Waals surface area contributed by atoms with E-state index in [1.807, 2.05) is 57.0 Å². The molecule has 0 radical (unpaired) electrons. The fourth-order valence-corrected chi connectivity index (χ4v) is 1.50. The molecular formula is C15H25Cl4N6Ru. The van der Waals surface area contributed by atoms with Gasteiger partial charge in [0.15, 0.2) is 12.7 Å². The molecule has 1 N–H and O–H groups in total. The van der Waals surface area contributed by atoms with Crippen molar-refractivity contribution in [1.82, 2.24) is 24.7 Å². The van der Waals surface area contributed by atoms with Crippen LogP contribution >= 0.6 is 38.8 Å². The quantitative estimate of drug-likeness (QED) is 0.386. The van der Waals surface area contributed by atoms with E-state index < -0.39 is 10.8 Å². The second-order valence-electron chi connectivity index (χ2n) is 4.45. The van der Waals surface area contributed by atoms with Gasteiger partial charge in [-0.3, -0.25) is 9.36 Å². The van der Waals surface area contributed by atoms with Gasteiger partial charge >= 0.3 is 49.6 Å². The van der Waals surface area contributed by atoms with Gasteiger partial charge in [0.25, 0.3) is 0 Å². The Labute approximate surface area is 174 Å². The zero-order valence-electron chi connectivity index (χ0n) is 14.9. The van der Waals surface area contributed by atoms with E-state index in [4.69, 9.17) is 38.8 Å². The summed E-state index contributed by atoms with van der Waals surface area (Å²) in [5.41, 5.74) is 0. The van der Waals surface area contributed by atoms with E-state index in [0.29, 0.717) is 0 Å². The molecule has 0 amide bonds. The van der Waals surface area contributed by atoms with Gasteiger partial charge in [0.2, 0.25) is 0 Å². The minimum absolute atomic E-state index is 0.965. The van der Waals surface area contributed by atoms with Crippen LogP contribution in [-0.4, -0.2) is 24.7 Å². The average Bonchev–Trinajstić information content (AvgIpc) is 3.37. The van der Waals surface area contributed by atoms with Gasteiger partial charge in [0.1, 0.15) is 0 Å². The van der Waals surface area contributed by atoms with Crippen LogP contribution in [0.3, 0.4) is 0 Å². The molecule has 3 rings (SSSR count). The Bertz CT molecular complexity index is 536. The van der Waals surface area contributed by atoms with E-state index in [9.17, 15) is 0 Å². The number of rotatable bonds is 3. The summed E-state index contributed by atoms with van der Waals surface area (Å²) in [5.74, 6) is 0. The summed E-state index contributed by atoms with van der Waals surface area (Å²) in [6, 6.07) is 5.82. The van der Waals surface area contributed by atoms with Gasteiger partial charge in [-0.1, -0.05) is 0 Å². The molecule has 3 aromatic heterocycles. The molecule has 0 aliphatic rings. The topological polar surface area (TPSA) is 55.3 Å². The van der Waals surface area contributed by atoms with Gasteiger partial charge < -0.3 is 0 Å². The van der Waals surface area contributed by atoms with E-state index in [1.54, 1.807) is 12.4 Å². The number of aryl methyl sites for hydroxylation is 3. The van der Waals surface area contributed by atoms with Crippen molar-refractivity contribution in [3.63, 3.8) is 0 Å².